The summed E-state index contributed by atoms with van der Waals surface area (Å²) in [6, 6.07) is 0.667. The molecule has 1 heterocycles. The normalized spacial score (nSPS) is 33.8. The topological polar surface area (TPSA) is 24.9 Å². The highest BCUT2D eigenvalue weighted by atomic mass is 32.1. The van der Waals surface area contributed by atoms with Crippen LogP contribution in [0.4, 0.5) is 0 Å². The molecule has 2 saturated carbocycles. The summed E-state index contributed by atoms with van der Waals surface area (Å²) < 4.78 is 0. The van der Waals surface area contributed by atoms with E-state index in [2.05, 4.69) is 29.7 Å². The predicted molar refractivity (Wildman–Crippen MR) is 67.7 cm³/mol. The smallest absolute Gasteiger partial charge is 0.0943 e. The molecule has 0 saturated heterocycles. The van der Waals surface area contributed by atoms with Crippen molar-refractivity contribution in [1.29, 1.82) is 0 Å². The summed E-state index contributed by atoms with van der Waals surface area (Å²) in [5.74, 6) is 3.03. The number of fused-ring (bicyclic) bond motifs is 1. The van der Waals surface area contributed by atoms with Gasteiger partial charge in [0.2, 0.25) is 0 Å². The van der Waals surface area contributed by atoms with Crippen LogP contribution in [-0.2, 0) is 6.42 Å². The molecule has 16 heavy (non-hydrogen) atoms. The molecule has 0 amide bonds. The number of aryl methyl sites for hydroxylation is 1. The fourth-order valence-electron chi connectivity index (χ4n) is 3.59. The van der Waals surface area contributed by atoms with E-state index in [9.17, 15) is 0 Å². The Balaban J connectivity index is 1.64. The van der Waals surface area contributed by atoms with Crippen molar-refractivity contribution in [3.8, 4) is 0 Å². The molecule has 0 aliphatic heterocycles. The minimum atomic E-state index is 0.667. The Morgan fingerprint density at radius 3 is 2.81 bits per heavy atom. The number of nitrogens with zero attached hydrogens (tertiary/aromatic N) is 1. The molecule has 2 nitrogen and oxygen atoms in total. The zero-order valence-electron chi connectivity index (χ0n) is 10.1. The maximum Gasteiger partial charge on any atom is 0.0943 e. The summed E-state index contributed by atoms with van der Waals surface area (Å²) in [5.41, 5.74) is 1.17. The Morgan fingerprint density at radius 1 is 1.50 bits per heavy atom. The Morgan fingerprint density at radius 2 is 2.25 bits per heavy atom. The standard InChI is InChI=1S/C13H20N2S/c1-8-7-16-12(15-8)6-11(14-2)13-9-4-3-5-10(9)13/h7,9-11,13-14H,3-6H2,1-2H3. The lowest BCUT2D eigenvalue weighted by atomic mass is 10.0. The summed E-state index contributed by atoms with van der Waals surface area (Å²) in [6.45, 7) is 2.08. The Bertz CT molecular complexity index is 364. The van der Waals surface area contributed by atoms with Crippen LogP contribution in [0, 0.1) is 24.7 Å². The van der Waals surface area contributed by atoms with Gasteiger partial charge in [0.25, 0.3) is 0 Å². The van der Waals surface area contributed by atoms with Gasteiger partial charge in [-0.25, -0.2) is 4.98 Å². The van der Waals surface area contributed by atoms with Crippen LogP contribution < -0.4 is 5.32 Å². The van der Waals surface area contributed by atoms with Crippen LogP contribution in [0.25, 0.3) is 0 Å². The lowest BCUT2D eigenvalue weighted by Gasteiger charge is -2.16. The van der Waals surface area contributed by atoms with Gasteiger partial charge in [-0.05, 0) is 44.6 Å². The predicted octanol–water partition coefficient (Wildman–Crippen LogP) is 2.63. The fraction of sp³-hybridized carbons (Fsp3) is 0.769. The monoisotopic (exact) mass is 236 g/mol. The van der Waals surface area contributed by atoms with Crippen LogP contribution in [0.1, 0.15) is 30.0 Å². The molecular weight excluding hydrogens is 216 g/mol. The van der Waals surface area contributed by atoms with E-state index in [-0.39, 0.29) is 0 Å². The molecule has 0 spiro atoms. The van der Waals surface area contributed by atoms with Gasteiger partial charge >= 0.3 is 0 Å². The number of thiazole rings is 1. The Kier molecular flexibility index (Phi) is 2.76. The van der Waals surface area contributed by atoms with Crippen molar-refractivity contribution in [3.05, 3.63) is 16.1 Å². The van der Waals surface area contributed by atoms with Gasteiger partial charge in [0.05, 0.1) is 5.01 Å². The largest absolute Gasteiger partial charge is 0.316 e. The molecule has 2 aliphatic rings. The second kappa shape index (κ2) is 4.11. The summed E-state index contributed by atoms with van der Waals surface area (Å²) in [7, 11) is 2.11. The third kappa shape index (κ3) is 1.80. The second-order valence-corrected chi connectivity index (χ2v) is 6.26. The molecular formula is C13H20N2S. The van der Waals surface area contributed by atoms with Crippen LogP contribution in [0.15, 0.2) is 5.38 Å². The van der Waals surface area contributed by atoms with Crippen LogP contribution >= 0.6 is 11.3 Å². The van der Waals surface area contributed by atoms with E-state index >= 15 is 0 Å². The van der Waals surface area contributed by atoms with E-state index in [1.807, 2.05) is 11.3 Å². The van der Waals surface area contributed by atoms with Crippen molar-refractivity contribution in [1.82, 2.24) is 10.3 Å². The van der Waals surface area contributed by atoms with Crippen LogP contribution in [-0.4, -0.2) is 18.1 Å². The van der Waals surface area contributed by atoms with Crippen molar-refractivity contribution >= 4 is 11.3 Å². The van der Waals surface area contributed by atoms with E-state index in [0.29, 0.717) is 6.04 Å². The summed E-state index contributed by atoms with van der Waals surface area (Å²) in [6.07, 6.45) is 5.56. The number of nitrogens with one attached hydrogen (secondary N) is 1. The number of hydrogen-bond donors (Lipinski definition) is 1. The first kappa shape index (κ1) is 10.7. The molecule has 3 unspecified atom stereocenters. The average Bonchev–Trinajstić information content (AvgIpc) is 2.70. The van der Waals surface area contributed by atoms with Crippen molar-refractivity contribution in [2.45, 2.75) is 38.6 Å². The van der Waals surface area contributed by atoms with E-state index in [0.717, 1.165) is 24.2 Å². The lowest BCUT2D eigenvalue weighted by molar-refractivity contribution is 0.428. The van der Waals surface area contributed by atoms with E-state index in [4.69, 9.17) is 0 Å². The third-order valence-electron chi connectivity index (χ3n) is 4.37. The number of rotatable bonds is 4. The maximum atomic E-state index is 4.58. The molecule has 0 radical (unpaired) electrons. The fourth-order valence-corrected chi connectivity index (χ4v) is 4.42. The lowest BCUT2D eigenvalue weighted by Crippen LogP contribution is -2.31. The van der Waals surface area contributed by atoms with Crippen LogP contribution in [0.3, 0.4) is 0 Å². The van der Waals surface area contributed by atoms with Gasteiger partial charge in [0.1, 0.15) is 0 Å². The molecule has 1 aromatic heterocycles. The molecule has 3 heteroatoms. The first-order valence-electron chi connectivity index (χ1n) is 6.38. The quantitative estimate of drug-likeness (QED) is 0.869. The minimum absolute atomic E-state index is 0.667. The second-order valence-electron chi connectivity index (χ2n) is 5.32. The first-order chi connectivity index (χ1) is 7.79. The van der Waals surface area contributed by atoms with E-state index in [1.165, 1.54) is 30.0 Å². The molecule has 2 fully saturated rings. The first-order valence-corrected chi connectivity index (χ1v) is 7.26. The number of hydrogen-bond acceptors (Lipinski definition) is 3. The zero-order valence-corrected chi connectivity index (χ0v) is 10.9. The average molecular weight is 236 g/mol. The molecule has 0 aromatic carbocycles. The van der Waals surface area contributed by atoms with Gasteiger partial charge in [-0.3, -0.25) is 0 Å². The maximum absolute atomic E-state index is 4.58. The molecule has 1 aromatic rings. The van der Waals surface area contributed by atoms with Crippen molar-refractivity contribution in [3.63, 3.8) is 0 Å². The van der Waals surface area contributed by atoms with Gasteiger partial charge in [-0.2, -0.15) is 0 Å². The van der Waals surface area contributed by atoms with Crippen LogP contribution in [0.5, 0.6) is 0 Å². The van der Waals surface area contributed by atoms with Gasteiger partial charge in [-0.15, -0.1) is 11.3 Å². The number of likely N-dealkylation sites (N-methyl/N-ethyl adjacent to an activating group) is 1. The van der Waals surface area contributed by atoms with E-state index in [1.54, 1.807) is 0 Å². The molecule has 3 atom stereocenters. The third-order valence-corrected chi connectivity index (χ3v) is 5.36. The summed E-state index contributed by atoms with van der Waals surface area (Å²) in [4.78, 5) is 4.58. The van der Waals surface area contributed by atoms with E-state index < -0.39 is 0 Å². The van der Waals surface area contributed by atoms with Crippen molar-refractivity contribution in [2.24, 2.45) is 17.8 Å². The Hall–Kier alpha value is -0.410. The molecule has 88 valence electrons. The van der Waals surface area contributed by atoms with Gasteiger partial charge in [0, 0.05) is 23.5 Å². The highest BCUT2D eigenvalue weighted by Crippen LogP contribution is 2.59. The summed E-state index contributed by atoms with van der Waals surface area (Å²) in [5, 5.41) is 6.99. The molecule has 0 bridgehead atoms. The van der Waals surface area contributed by atoms with Gasteiger partial charge < -0.3 is 5.32 Å². The van der Waals surface area contributed by atoms with Crippen molar-refractivity contribution in [2.75, 3.05) is 7.05 Å². The molecule has 2 aliphatic carbocycles. The Labute approximate surface area is 101 Å². The highest BCUT2D eigenvalue weighted by molar-refractivity contribution is 7.09. The molecule has 1 N–H and O–H groups in total. The SMILES string of the molecule is CNC(Cc1nc(C)cs1)C1C2CCCC21. The number of aromatic nitrogens is 1. The summed E-state index contributed by atoms with van der Waals surface area (Å²) >= 11 is 1.82. The highest BCUT2D eigenvalue weighted by Gasteiger charge is 2.55. The zero-order chi connectivity index (χ0) is 11.1. The van der Waals surface area contributed by atoms with Gasteiger partial charge in [0.15, 0.2) is 0 Å². The minimum Gasteiger partial charge on any atom is -0.316 e. The van der Waals surface area contributed by atoms with Crippen LogP contribution in [0.2, 0.25) is 0 Å². The van der Waals surface area contributed by atoms with Gasteiger partial charge in [-0.1, -0.05) is 6.42 Å². The molecule has 3 rings (SSSR count). The van der Waals surface area contributed by atoms with Crippen molar-refractivity contribution < 1.29 is 0 Å².